The van der Waals surface area contributed by atoms with Crippen LogP contribution in [0.5, 0.6) is 0 Å². The van der Waals surface area contributed by atoms with E-state index in [1.54, 1.807) is 0 Å². The number of carbonyl (C=O) groups is 2. The first kappa shape index (κ1) is 20.0. The van der Waals surface area contributed by atoms with E-state index >= 15 is 0 Å². The molecule has 8 nitrogen and oxygen atoms in total. The lowest BCUT2D eigenvalue weighted by molar-refractivity contribution is -0.121. The van der Waals surface area contributed by atoms with Crippen molar-refractivity contribution in [3.05, 3.63) is 29.8 Å². The third-order valence-corrected chi connectivity index (χ3v) is 6.07. The molecule has 0 aromatic carbocycles. The molecule has 1 aromatic rings. The molecule has 29 heavy (non-hydrogen) atoms. The molecule has 2 unspecified atom stereocenters. The fourth-order valence-corrected chi connectivity index (χ4v) is 4.09. The van der Waals surface area contributed by atoms with Crippen molar-refractivity contribution in [3.8, 4) is 0 Å². The van der Waals surface area contributed by atoms with Crippen molar-refractivity contribution in [1.29, 1.82) is 0 Å². The summed E-state index contributed by atoms with van der Waals surface area (Å²) in [6.45, 7) is 2.03. The van der Waals surface area contributed by atoms with Gasteiger partial charge in [0.25, 0.3) is 0 Å². The van der Waals surface area contributed by atoms with Gasteiger partial charge in [-0.05, 0) is 63.5 Å². The van der Waals surface area contributed by atoms with Crippen molar-refractivity contribution >= 4 is 12.0 Å². The number of hydrazine groups is 1. The Kier molecular flexibility index (Phi) is 5.69. The van der Waals surface area contributed by atoms with Crippen molar-refractivity contribution in [2.24, 2.45) is 5.92 Å². The lowest BCUT2D eigenvalue weighted by Gasteiger charge is -2.19. The molecule has 4 N–H and O–H groups in total. The summed E-state index contributed by atoms with van der Waals surface area (Å²) < 4.78 is 18.5. The Bertz CT molecular complexity index is 755. The fraction of sp³-hybridized carbons (Fsp3) is 0.650. The number of hydrogen-bond donors (Lipinski definition) is 4. The van der Waals surface area contributed by atoms with Crippen LogP contribution in [0.4, 0.5) is 9.18 Å². The topological polar surface area (TPSA) is 104 Å². The zero-order valence-electron chi connectivity index (χ0n) is 16.5. The van der Waals surface area contributed by atoms with E-state index in [4.69, 9.17) is 4.74 Å². The number of carbonyl (C=O) groups excluding carboxylic acids is 2. The number of alkyl carbamates (subject to hydrolysis) is 1. The first-order chi connectivity index (χ1) is 13.9. The van der Waals surface area contributed by atoms with Gasteiger partial charge in [-0.1, -0.05) is 0 Å². The molecule has 2 amide bonds. The second-order valence-corrected chi connectivity index (χ2v) is 8.68. The standard InChI is InChI=1S/C20H28FN5O3/c1-20(6-7-20)24-19(28)29-15-5-2-12(8-15)16-10-17(26-25-16)23-18(27)9-14-4-3-13(21)11-22-14/h3-4,11-12,15-17,25-26H,2,5-10H2,1H3,(H,23,27)(H,24,28)/t12-,15+,16?,17?/m0/s1. The molecular weight excluding hydrogens is 377 g/mol. The molecule has 4 rings (SSSR count). The third-order valence-electron chi connectivity index (χ3n) is 6.07. The minimum atomic E-state index is -0.420. The average Bonchev–Trinajstić information content (AvgIpc) is 3.06. The van der Waals surface area contributed by atoms with Gasteiger partial charge >= 0.3 is 6.09 Å². The van der Waals surface area contributed by atoms with Gasteiger partial charge in [-0.25, -0.2) is 14.6 Å². The number of pyridine rings is 1. The normalized spacial score (nSPS) is 30.0. The minimum Gasteiger partial charge on any atom is -0.446 e. The molecular formula is C20H28FN5O3. The molecule has 2 heterocycles. The molecule has 9 heteroatoms. The summed E-state index contributed by atoms with van der Waals surface area (Å²) in [5, 5.41) is 5.86. The number of rotatable bonds is 6. The Morgan fingerprint density at radius 1 is 1.28 bits per heavy atom. The Balaban J connectivity index is 1.18. The van der Waals surface area contributed by atoms with Gasteiger partial charge in [0, 0.05) is 17.3 Å². The van der Waals surface area contributed by atoms with Crippen molar-refractivity contribution in [2.45, 2.75) is 75.7 Å². The molecule has 3 fully saturated rings. The van der Waals surface area contributed by atoms with Crippen LogP contribution in [0.1, 0.15) is 51.1 Å². The highest BCUT2D eigenvalue weighted by molar-refractivity contribution is 5.78. The van der Waals surface area contributed by atoms with E-state index in [1.165, 1.54) is 12.1 Å². The van der Waals surface area contributed by atoms with Crippen LogP contribution in [0, 0.1) is 11.7 Å². The average molecular weight is 405 g/mol. The number of ether oxygens (including phenoxy) is 1. The monoisotopic (exact) mass is 405 g/mol. The first-order valence-electron chi connectivity index (χ1n) is 10.3. The zero-order chi connectivity index (χ0) is 20.4. The Morgan fingerprint density at radius 3 is 2.83 bits per heavy atom. The van der Waals surface area contributed by atoms with Gasteiger partial charge in [-0.15, -0.1) is 0 Å². The highest BCUT2D eigenvalue weighted by Crippen LogP contribution is 2.36. The SMILES string of the molecule is CC1(NC(=O)O[C@@H]2CC[C@H](C3CC(NC(=O)Cc4ccc(F)cn4)NN3)C2)CC1. The van der Waals surface area contributed by atoms with Gasteiger partial charge in [-0.3, -0.25) is 15.2 Å². The Hall–Kier alpha value is -2.26. The molecule has 0 radical (unpaired) electrons. The van der Waals surface area contributed by atoms with E-state index in [9.17, 15) is 14.0 Å². The second-order valence-electron chi connectivity index (χ2n) is 8.68. The maximum Gasteiger partial charge on any atom is 0.407 e. The van der Waals surface area contributed by atoms with Crippen molar-refractivity contribution in [1.82, 2.24) is 26.5 Å². The fourth-order valence-electron chi connectivity index (χ4n) is 4.09. The summed E-state index contributed by atoms with van der Waals surface area (Å²) in [7, 11) is 0. The van der Waals surface area contributed by atoms with E-state index < -0.39 is 5.82 Å². The van der Waals surface area contributed by atoms with E-state index in [1.807, 2.05) is 6.92 Å². The van der Waals surface area contributed by atoms with Crippen LogP contribution >= 0.6 is 0 Å². The van der Waals surface area contributed by atoms with E-state index in [2.05, 4.69) is 26.5 Å². The largest absolute Gasteiger partial charge is 0.446 e. The molecule has 1 aromatic heterocycles. The summed E-state index contributed by atoms with van der Waals surface area (Å²) in [5.74, 6) is -0.198. The van der Waals surface area contributed by atoms with Crippen LogP contribution < -0.4 is 21.5 Å². The predicted molar refractivity (Wildman–Crippen MR) is 103 cm³/mol. The number of amides is 2. The Labute approximate surface area is 169 Å². The molecule has 3 aliphatic rings. The van der Waals surface area contributed by atoms with E-state index in [0.717, 1.165) is 44.7 Å². The van der Waals surface area contributed by atoms with Crippen LogP contribution in [0.2, 0.25) is 0 Å². The quantitative estimate of drug-likeness (QED) is 0.572. The molecule has 2 saturated carbocycles. The number of aromatic nitrogens is 1. The number of halogens is 1. The summed E-state index contributed by atoms with van der Waals surface area (Å²) in [6, 6.07) is 3.02. The molecule has 1 saturated heterocycles. The highest BCUT2D eigenvalue weighted by Gasteiger charge is 2.41. The Morgan fingerprint density at radius 2 is 2.10 bits per heavy atom. The smallest absolute Gasteiger partial charge is 0.407 e. The summed E-state index contributed by atoms with van der Waals surface area (Å²) in [4.78, 5) is 28.1. The molecule has 1 aliphatic heterocycles. The number of nitrogens with zero attached hydrogens (tertiary/aromatic N) is 1. The molecule has 0 spiro atoms. The van der Waals surface area contributed by atoms with Crippen LogP contribution in [0.15, 0.2) is 18.3 Å². The lowest BCUT2D eigenvalue weighted by atomic mass is 9.96. The van der Waals surface area contributed by atoms with Crippen LogP contribution in [-0.4, -0.2) is 40.8 Å². The lowest BCUT2D eigenvalue weighted by Crippen LogP contribution is -2.45. The summed E-state index contributed by atoms with van der Waals surface area (Å²) in [5.41, 5.74) is 6.84. The van der Waals surface area contributed by atoms with Gasteiger partial charge in [0.2, 0.25) is 5.91 Å². The zero-order valence-corrected chi connectivity index (χ0v) is 16.5. The molecule has 2 aliphatic carbocycles. The molecule has 4 atom stereocenters. The highest BCUT2D eigenvalue weighted by atomic mass is 19.1. The van der Waals surface area contributed by atoms with Gasteiger partial charge in [-0.2, -0.15) is 0 Å². The van der Waals surface area contributed by atoms with Gasteiger partial charge in [0.15, 0.2) is 0 Å². The third kappa shape index (κ3) is 5.42. The van der Waals surface area contributed by atoms with Crippen molar-refractivity contribution < 1.29 is 18.7 Å². The van der Waals surface area contributed by atoms with Crippen molar-refractivity contribution in [3.63, 3.8) is 0 Å². The van der Waals surface area contributed by atoms with E-state index in [0.29, 0.717) is 11.6 Å². The van der Waals surface area contributed by atoms with Gasteiger partial charge in [0.05, 0.1) is 18.8 Å². The second kappa shape index (κ2) is 8.23. The summed E-state index contributed by atoms with van der Waals surface area (Å²) >= 11 is 0. The number of nitrogens with one attached hydrogen (secondary N) is 4. The predicted octanol–water partition coefficient (Wildman–Crippen LogP) is 1.52. The minimum absolute atomic E-state index is 0.0534. The first-order valence-corrected chi connectivity index (χ1v) is 10.3. The van der Waals surface area contributed by atoms with E-state index in [-0.39, 0.29) is 42.3 Å². The number of hydrogen-bond acceptors (Lipinski definition) is 6. The maximum atomic E-state index is 12.9. The molecule has 158 valence electrons. The maximum absolute atomic E-state index is 12.9. The van der Waals surface area contributed by atoms with Gasteiger partial charge < -0.3 is 15.4 Å². The van der Waals surface area contributed by atoms with Crippen LogP contribution in [0.3, 0.4) is 0 Å². The van der Waals surface area contributed by atoms with Crippen LogP contribution in [-0.2, 0) is 16.0 Å². The van der Waals surface area contributed by atoms with Gasteiger partial charge in [0.1, 0.15) is 11.9 Å². The summed E-state index contributed by atoms with van der Waals surface area (Å²) in [6.07, 6.45) is 6.12. The molecule has 0 bridgehead atoms. The van der Waals surface area contributed by atoms with Crippen LogP contribution in [0.25, 0.3) is 0 Å². The van der Waals surface area contributed by atoms with Crippen molar-refractivity contribution in [2.75, 3.05) is 0 Å².